The molecule has 0 aliphatic heterocycles. The molecule has 0 saturated carbocycles. The Bertz CT molecular complexity index is 979. The predicted molar refractivity (Wildman–Crippen MR) is 82.2 cm³/mol. The molecule has 4 rings (SSSR count). The van der Waals surface area contributed by atoms with Crippen molar-refractivity contribution in [3.63, 3.8) is 0 Å². The van der Waals surface area contributed by atoms with Crippen LogP contribution in [0.25, 0.3) is 22.6 Å². The molecule has 4 aromatic rings. The number of oxazole rings is 1. The first-order valence-electron chi connectivity index (χ1n) is 7.02. The van der Waals surface area contributed by atoms with Crippen LogP contribution in [0.3, 0.4) is 0 Å². The molecule has 0 bridgehead atoms. The minimum Gasteiger partial charge on any atom is -0.477 e. The summed E-state index contributed by atoms with van der Waals surface area (Å²) in [7, 11) is 0. The lowest BCUT2D eigenvalue weighted by molar-refractivity contribution is 0.0686. The van der Waals surface area contributed by atoms with E-state index in [9.17, 15) is 9.90 Å². The molecule has 6 heteroatoms. The van der Waals surface area contributed by atoms with Gasteiger partial charge in [-0.15, -0.1) is 0 Å². The van der Waals surface area contributed by atoms with Gasteiger partial charge in [0.2, 0.25) is 5.89 Å². The minimum absolute atomic E-state index is 0.156. The number of aromatic carboxylic acids is 1. The summed E-state index contributed by atoms with van der Waals surface area (Å²) < 4.78 is 12.4. The zero-order chi connectivity index (χ0) is 15.8. The fraction of sp³-hybridized carbons (Fsp3) is 0.0588. The fourth-order valence-corrected chi connectivity index (χ4v) is 2.58. The van der Waals surface area contributed by atoms with E-state index >= 15 is 0 Å². The molecule has 0 saturated heterocycles. The second-order valence-electron chi connectivity index (χ2n) is 5.10. The normalized spacial score (nSPS) is 11.1. The Morgan fingerprint density at radius 2 is 2.00 bits per heavy atom. The number of carboxylic acids is 1. The third kappa shape index (κ3) is 2.30. The van der Waals surface area contributed by atoms with Crippen molar-refractivity contribution in [2.75, 3.05) is 0 Å². The molecule has 0 atom stereocenters. The number of fused-ring (bicyclic) bond motifs is 1. The molecule has 3 heterocycles. The number of rotatable bonds is 4. The van der Waals surface area contributed by atoms with E-state index in [2.05, 4.69) is 4.98 Å². The Morgan fingerprint density at radius 3 is 2.78 bits per heavy atom. The van der Waals surface area contributed by atoms with E-state index in [-0.39, 0.29) is 5.69 Å². The first-order valence-corrected chi connectivity index (χ1v) is 7.02. The number of furan rings is 1. The summed E-state index contributed by atoms with van der Waals surface area (Å²) in [6, 6.07) is 12.8. The average molecular weight is 308 g/mol. The van der Waals surface area contributed by atoms with E-state index < -0.39 is 5.97 Å². The molecule has 0 unspecified atom stereocenters. The highest BCUT2D eigenvalue weighted by molar-refractivity contribution is 5.92. The van der Waals surface area contributed by atoms with Gasteiger partial charge in [-0.2, -0.15) is 0 Å². The van der Waals surface area contributed by atoms with Crippen LogP contribution in [-0.2, 0) is 6.54 Å². The van der Waals surface area contributed by atoms with Crippen molar-refractivity contribution in [2.24, 2.45) is 0 Å². The summed E-state index contributed by atoms with van der Waals surface area (Å²) in [5.41, 5.74) is 2.92. The van der Waals surface area contributed by atoms with Crippen LogP contribution in [0.2, 0.25) is 0 Å². The smallest absolute Gasteiger partial charge is 0.352 e. The molecule has 0 aliphatic rings. The second-order valence-corrected chi connectivity index (χ2v) is 5.10. The Hall–Kier alpha value is -3.28. The van der Waals surface area contributed by atoms with Crippen LogP contribution in [0.1, 0.15) is 16.2 Å². The second kappa shape index (κ2) is 5.17. The van der Waals surface area contributed by atoms with Crippen molar-refractivity contribution < 1.29 is 18.7 Å². The molecule has 1 N–H and O–H groups in total. The molecule has 6 nitrogen and oxygen atoms in total. The van der Waals surface area contributed by atoms with Crippen LogP contribution in [0.4, 0.5) is 0 Å². The third-order valence-corrected chi connectivity index (χ3v) is 3.63. The SMILES string of the molecule is O=C(O)c1cc2occc2n1Cc1coc(-c2ccccc2)n1. The maximum Gasteiger partial charge on any atom is 0.352 e. The lowest BCUT2D eigenvalue weighted by Crippen LogP contribution is -2.09. The van der Waals surface area contributed by atoms with Gasteiger partial charge in [0.05, 0.1) is 24.0 Å². The van der Waals surface area contributed by atoms with Crippen molar-refractivity contribution in [3.05, 3.63) is 66.4 Å². The van der Waals surface area contributed by atoms with Crippen molar-refractivity contribution in [1.29, 1.82) is 0 Å². The summed E-state index contributed by atoms with van der Waals surface area (Å²) >= 11 is 0. The number of benzene rings is 1. The Morgan fingerprint density at radius 1 is 1.17 bits per heavy atom. The first-order chi connectivity index (χ1) is 11.2. The van der Waals surface area contributed by atoms with Gasteiger partial charge in [-0.1, -0.05) is 18.2 Å². The lowest BCUT2D eigenvalue weighted by Gasteiger charge is -2.04. The lowest BCUT2D eigenvalue weighted by atomic mass is 10.2. The quantitative estimate of drug-likeness (QED) is 0.622. The number of nitrogens with zero attached hydrogens (tertiary/aromatic N) is 2. The van der Waals surface area contributed by atoms with Crippen molar-refractivity contribution in [1.82, 2.24) is 9.55 Å². The Labute approximate surface area is 130 Å². The monoisotopic (exact) mass is 308 g/mol. The summed E-state index contributed by atoms with van der Waals surface area (Å²) in [4.78, 5) is 15.8. The highest BCUT2D eigenvalue weighted by Gasteiger charge is 2.18. The van der Waals surface area contributed by atoms with Gasteiger partial charge in [-0.05, 0) is 12.1 Å². The standard InChI is InChI=1S/C17H12N2O4/c20-17(21)14-8-15-13(6-7-22-15)19(14)9-12-10-23-16(18-12)11-4-2-1-3-5-11/h1-8,10H,9H2,(H,20,21). The van der Waals surface area contributed by atoms with Crippen LogP contribution in [0, 0.1) is 0 Å². The van der Waals surface area contributed by atoms with Gasteiger partial charge in [0.15, 0.2) is 5.58 Å². The molecular weight excluding hydrogens is 296 g/mol. The summed E-state index contributed by atoms with van der Waals surface area (Å²) in [5, 5.41) is 9.34. The van der Waals surface area contributed by atoms with Gasteiger partial charge in [0, 0.05) is 17.7 Å². The molecule has 0 aliphatic carbocycles. The van der Waals surface area contributed by atoms with Crippen LogP contribution in [-0.4, -0.2) is 20.6 Å². The average Bonchev–Trinajstić information content (AvgIpc) is 3.25. The molecule has 23 heavy (non-hydrogen) atoms. The van der Waals surface area contributed by atoms with E-state index in [1.807, 2.05) is 30.3 Å². The van der Waals surface area contributed by atoms with E-state index in [1.165, 1.54) is 12.3 Å². The van der Waals surface area contributed by atoms with Crippen LogP contribution < -0.4 is 0 Å². The maximum atomic E-state index is 11.4. The Balaban J connectivity index is 1.71. The number of hydrogen-bond acceptors (Lipinski definition) is 4. The van der Waals surface area contributed by atoms with E-state index in [0.29, 0.717) is 29.2 Å². The molecular formula is C17H12N2O4. The summed E-state index contributed by atoms with van der Waals surface area (Å²) in [5.74, 6) is -0.503. The maximum absolute atomic E-state index is 11.4. The number of carbonyl (C=O) groups is 1. The van der Waals surface area contributed by atoms with Crippen molar-refractivity contribution >= 4 is 17.1 Å². The zero-order valence-corrected chi connectivity index (χ0v) is 12.0. The van der Waals surface area contributed by atoms with Gasteiger partial charge in [0.1, 0.15) is 12.0 Å². The minimum atomic E-state index is -1.01. The van der Waals surface area contributed by atoms with Gasteiger partial charge < -0.3 is 18.5 Å². The first kappa shape index (κ1) is 13.4. The molecule has 1 aromatic carbocycles. The van der Waals surface area contributed by atoms with Crippen LogP contribution in [0.15, 0.2) is 63.8 Å². The third-order valence-electron chi connectivity index (χ3n) is 3.63. The zero-order valence-electron chi connectivity index (χ0n) is 12.0. The Kier molecular flexibility index (Phi) is 3.01. The number of aromatic nitrogens is 2. The van der Waals surface area contributed by atoms with E-state index in [1.54, 1.807) is 16.9 Å². The van der Waals surface area contributed by atoms with Crippen LogP contribution >= 0.6 is 0 Å². The number of carboxylic acid groups (broad SMARTS) is 1. The highest BCUT2D eigenvalue weighted by atomic mass is 16.4. The fourth-order valence-electron chi connectivity index (χ4n) is 2.58. The number of hydrogen-bond donors (Lipinski definition) is 1. The summed E-state index contributed by atoms with van der Waals surface area (Å²) in [6.07, 6.45) is 3.07. The molecule has 0 amide bonds. The predicted octanol–water partition coefficient (Wildman–Crippen LogP) is 3.64. The van der Waals surface area contributed by atoms with Gasteiger partial charge in [-0.3, -0.25) is 0 Å². The molecule has 0 radical (unpaired) electrons. The molecule has 3 aromatic heterocycles. The van der Waals surface area contributed by atoms with Gasteiger partial charge in [0.25, 0.3) is 0 Å². The van der Waals surface area contributed by atoms with Crippen molar-refractivity contribution in [2.45, 2.75) is 6.54 Å². The van der Waals surface area contributed by atoms with Crippen molar-refractivity contribution in [3.8, 4) is 11.5 Å². The highest BCUT2D eigenvalue weighted by Crippen LogP contribution is 2.24. The van der Waals surface area contributed by atoms with Gasteiger partial charge in [-0.25, -0.2) is 9.78 Å². The largest absolute Gasteiger partial charge is 0.477 e. The van der Waals surface area contributed by atoms with E-state index in [0.717, 1.165) is 5.56 Å². The topological polar surface area (TPSA) is 81.4 Å². The van der Waals surface area contributed by atoms with Crippen LogP contribution in [0.5, 0.6) is 0 Å². The molecule has 114 valence electrons. The summed E-state index contributed by atoms with van der Waals surface area (Å²) in [6.45, 7) is 0.293. The van der Waals surface area contributed by atoms with E-state index in [4.69, 9.17) is 8.83 Å². The van der Waals surface area contributed by atoms with Gasteiger partial charge >= 0.3 is 5.97 Å². The molecule has 0 fully saturated rings. The molecule has 0 spiro atoms.